The molecule has 106 valence electrons. The number of nitrogens with zero attached hydrogens (tertiary/aromatic N) is 2. The molecule has 1 aromatic heterocycles. The molecule has 1 heterocycles. The predicted octanol–water partition coefficient (Wildman–Crippen LogP) is 3.18. The Hall–Kier alpha value is -1.68. The summed E-state index contributed by atoms with van der Waals surface area (Å²) in [5, 5.41) is 11.5. The van der Waals surface area contributed by atoms with E-state index < -0.39 is 0 Å². The van der Waals surface area contributed by atoms with E-state index in [-0.39, 0.29) is 5.41 Å². The molecule has 0 bridgehead atoms. The lowest BCUT2D eigenvalue weighted by molar-refractivity contribution is 0.203. The zero-order valence-electron chi connectivity index (χ0n) is 12.3. The zero-order chi connectivity index (χ0) is 14.2. The van der Waals surface area contributed by atoms with Crippen molar-refractivity contribution in [2.24, 2.45) is 5.41 Å². The molecule has 1 N–H and O–H groups in total. The molecule has 1 aliphatic rings. The van der Waals surface area contributed by atoms with E-state index in [1.54, 1.807) is 0 Å². The van der Waals surface area contributed by atoms with Crippen LogP contribution in [0.25, 0.3) is 0 Å². The summed E-state index contributed by atoms with van der Waals surface area (Å²) in [5.41, 5.74) is 3.08. The second-order valence-electron chi connectivity index (χ2n) is 6.22. The number of rotatable bonds is 3. The van der Waals surface area contributed by atoms with Gasteiger partial charge in [-0.3, -0.25) is 0 Å². The molecule has 0 fully saturated rings. The summed E-state index contributed by atoms with van der Waals surface area (Å²) in [6, 6.07) is 9.02. The van der Waals surface area contributed by atoms with Gasteiger partial charge in [-0.05, 0) is 29.4 Å². The summed E-state index contributed by atoms with van der Waals surface area (Å²) in [7, 11) is 0. The van der Waals surface area contributed by atoms with Gasteiger partial charge in [-0.2, -0.15) is 0 Å². The molecule has 20 heavy (non-hydrogen) atoms. The third-order valence-corrected chi connectivity index (χ3v) is 4.21. The van der Waals surface area contributed by atoms with Gasteiger partial charge in [0.05, 0.1) is 6.54 Å². The molecular weight excluding hydrogens is 250 g/mol. The topological polar surface area (TPSA) is 51.0 Å². The van der Waals surface area contributed by atoms with Crippen LogP contribution in [0.5, 0.6) is 0 Å². The van der Waals surface area contributed by atoms with Crippen molar-refractivity contribution in [3.8, 4) is 0 Å². The van der Waals surface area contributed by atoms with E-state index in [0.29, 0.717) is 24.4 Å². The molecule has 0 radical (unpaired) electrons. The van der Waals surface area contributed by atoms with Gasteiger partial charge < -0.3 is 9.73 Å². The Morgan fingerprint density at radius 2 is 2.10 bits per heavy atom. The maximum absolute atomic E-state index is 5.45. The minimum Gasteiger partial charge on any atom is -0.424 e. The van der Waals surface area contributed by atoms with Crippen LogP contribution in [0, 0.1) is 12.3 Å². The van der Waals surface area contributed by atoms with Gasteiger partial charge in [0.2, 0.25) is 11.8 Å². The summed E-state index contributed by atoms with van der Waals surface area (Å²) < 4.78 is 5.45. The van der Waals surface area contributed by atoms with Crippen LogP contribution in [0.15, 0.2) is 28.7 Å². The van der Waals surface area contributed by atoms with Crippen molar-refractivity contribution in [2.45, 2.75) is 46.2 Å². The summed E-state index contributed by atoms with van der Waals surface area (Å²) in [4.78, 5) is 0. The van der Waals surface area contributed by atoms with Crippen LogP contribution in [0.4, 0.5) is 0 Å². The fourth-order valence-corrected chi connectivity index (χ4v) is 3.05. The van der Waals surface area contributed by atoms with Crippen molar-refractivity contribution >= 4 is 0 Å². The van der Waals surface area contributed by atoms with Gasteiger partial charge in [0.1, 0.15) is 0 Å². The average molecular weight is 271 g/mol. The molecule has 3 rings (SSSR count). The minimum atomic E-state index is 0.226. The maximum atomic E-state index is 5.45. The number of nitrogens with one attached hydrogen (secondary N) is 1. The van der Waals surface area contributed by atoms with Gasteiger partial charge in [0.15, 0.2) is 0 Å². The summed E-state index contributed by atoms with van der Waals surface area (Å²) in [6.07, 6.45) is 2.34. The summed E-state index contributed by atoms with van der Waals surface area (Å²) in [6.45, 7) is 7.07. The SMILES string of the molecule is Cc1nnc(CN[C@H]2c3ccccc3CCC2(C)C)o1. The van der Waals surface area contributed by atoms with E-state index in [0.717, 1.165) is 6.42 Å². The van der Waals surface area contributed by atoms with E-state index in [9.17, 15) is 0 Å². The summed E-state index contributed by atoms with van der Waals surface area (Å²) >= 11 is 0. The largest absolute Gasteiger partial charge is 0.424 e. The van der Waals surface area contributed by atoms with Gasteiger partial charge in [0, 0.05) is 13.0 Å². The first kappa shape index (κ1) is 13.3. The van der Waals surface area contributed by atoms with Crippen LogP contribution in [0.1, 0.15) is 49.2 Å². The highest BCUT2D eigenvalue weighted by atomic mass is 16.4. The van der Waals surface area contributed by atoms with Crippen LogP contribution < -0.4 is 5.32 Å². The van der Waals surface area contributed by atoms with E-state index in [1.807, 2.05) is 6.92 Å². The first-order valence-electron chi connectivity index (χ1n) is 7.16. The quantitative estimate of drug-likeness (QED) is 0.931. The molecule has 0 saturated heterocycles. The Morgan fingerprint density at radius 1 is 1.30 bits per heavy atom. The van der Waals surface area contributed by atoms with Crippen molar-refractivity contribution < 1.29 is 4.42 Å². The number of hydrogen-bond donors (Lipinski definition) is 1. The average Bonchev–Trinajstić information content (AvgIpc) is 2.83. The normalized spacial score (nSPS) is 20.6. The smallest absolute Gasteiger partial charge is 0.230 e. The van der Waals surface area contributed by atoms with Crippen molar-refractivity contribution in [2.75, 3.05) is 0 Å². The Kier molecular flexibility index (Phi) is 3.34. The number of fused-ring (bicyclic) bond motifs is 1. The van der Waals surface area contributed by atoms with Crippen LogP contribution in [-0.2, 0) is 13.0 Å². The van der Waals surface area contributed by atoms with Crippen LogP contribution in [-0.4, -0.2) is 10.2 Å². The second-order valence-corrected chi connectivity index (χ2v) is 6.22. The molecule has 0 saturated carbocycles. The van der Waals surface area contributed by atoms with E-state index in [4.69, 9.17) is 4.42 Å². The minimum absolute atomic E-state index is 0.226. The Balaban J connectivity index is 1.82. The Bertz CT molecular complexity index is 603. The molecule has 0 spiro atoms. The zero-order valence-corrected chi connectivity index (χ0v) is 12.3. The van der Waals surface area contributed by atoms with Crippen molar-refractivity contribution in [1.29, 1.82) is 0 Å². The maximum Gasteiger partial charge on any atom is 0.230 e. The van der Waals surface area contributed by atoms with Gasteiger partial charge in [0.25, 0.3) is 0 Å². The highest BCUT2D eigenvalue weighted by Crippen LogP contribution is 2.43. The van der Waals surface area contributed by atoms with E-state index >= 15 is 0 Å². The number of benzene rings is 1. The van der Waals surface area contributed by atoms with Crippen molar-refractivity contribution in [1.82, 2.24) is 15.5 Å². The lowest BCUT2D eigenvalue weighted by Gasteiger charge is -2.40. The molecule has 4 heteroatoms. The second kappa shape index (κ2) is 5.02. The third-order valence-electron chi connectivity index (χ3n) is 4.21. The fourth-order valence-electron chi connectivity index (χ4n) is 3.05. The number of hydrogen-bond acceptors (Lipinski definition) is 4. The Morgan fingerprint density at radius 3 is 2.85 bits per heavy atom. The van der Waals surface area contributed by atoms with Crippen molar-refractivity contribution in [3.63, 3.8) is 0 Å². The molecular formula is C16H21N3O. The molecule has 0 amide bonds. The molecule has 2 aromatic rings. The van der Waals surface area contributed by atoms with Gasteiger partial charge in [-0.1, -0.05) is 38.1 Å². The van der Waals surface area contributed by atoms with E-state index in [1.165, 1.54) is 17.5 Å². The van der Waals surface area contributed by atoms with Gasteiger partial charge >= 0.3 is 0 Å². The molecule has 4 nitrogen and oxygen atoms in total. The predicted molar refractivity (Wildman–Crippen MR) is 77.2 cm³/mol. The number of aromatic nitrogens is 2. The molecule has 1 aromatic carbocycles. The molecule has 0 aliphatic heterocycles. The monoisotopic (exact) mass is 271 g/mol. The fraction of sp³-hybridized carbons (Fsp3) is 0.500. The highest BCUT2D eigenvalue weighted by molar-refractivity contribution is 5.34. The van der Waals surface area contributed by atoms with E-state index in [2.05, 4.69) is 53.6 Å². The van der Waals surface area contributed by atoms with Crippen LogP contribution >= 0.6 is 0 Å². The van der Waals surface area contributed by atoms with Gasteiger partial charge in [-0.25, -0.2) is 0 Å². The molecule has 1 aliphatic carbocycles. The highest BCUT2D eigenvalue weighted by Gasteiger charge is 2.35. The first-order chi connectivity index (χ1) is 9.56. The number of aryl methyl sites for hydroxylation is 2. The van der Waals surface area contributed by atoms with Gasteiger partial charge in [-0.15, -0.1) is 10.2 Å². The van der Waals surface area contributed by atoms with Crippen LogP contribution in [0.2, 0.25) is 0 Å². The third kappa shape index (κ3) is 2.48. The van der Waals surface area contributed by atoms with Crippen LogP contribution in [0.3, 0.4) is 0 Å². The molecule has 1 atom stereocenters. The first-order valence-corrected chi connectivity index (χ1v) is 7.16. The molecule has 0 unspecified atom stereocenters. The standard InChI is InChI=1S/C16H21N3O/c1-11-18-19-14(20-11)10-17-15-13-7-5-4-6-12(13)8-9-16(15,2)3/h4-7,15,17H,8-10H2,1-3H3/t15-/m0/s1. The summed E-state index contributed by atoms with van der Waals surface area (Å²) in [5.74, 6) is 1.27. The lowest BCUT2D eigenvalue weighted by Crippen LogP contribution is -2.37. The Labute approximate surface area is 119 Å². The lowest BCUT2D eigenvalue weighted by atomic mass is 9.70. The van der Waals surface area contributed by atoms with Crippen molar-refractivity contribution in [3.05, 3.63) is 47.2 Å².